The van der Waals surface area contributed by atoms with Gasteiger partial charge < -0.3 is 16.4 Å². The molecule has 4 N–H and O–H groups in total. The molecule has 2 amide bonds. The van der Waals surface area contributed by atoms with Crippen LogP contribution in [-0.4, -0.2) is 36.9 Å². The van der Waals surface area contributed by atoms with Crippen molar-refractivity contribution in [3.63, 3.8) is 0 Å². The Balaban J connectivity index is 0.00000529. The van der Waals surface area contributed by atoms with Crippen molar-refractivity contribution in [2.45, 2.75) is 32.7 Å². The van der Waals surface area contributed by atoms with Crippen LogP contribution in [0.4, 0.5) is 8.78 Å². The van der Waals surface area contributed by atoms with Crippen LogP contribution in [0.5, 0.6) is 0 Å². The third-order valence-electron chi connectivity index (χ3n) is 3.34. The highest BCUT2D eigenvalue weighted by Gasteiger charge is 2.30. The first-order valence-electron chi connectivity index (χ1n) is 7.39. The Morgan fingerprint density at radius 2 is 1.92 bits per heavy atom. The van der Waals surface area contributed by atoms with Gasteiger partial charge in [0.15, 0.2) is 0 Å². The zero-order valence-corrected chi connectivity index (χ0v) is 14.8. The number of carbonyl (C=O) groups excluding carboxylic acids is 2. The first-order chi connectivity index (χ1) is 10.7. The number of nitrogens with one attached hydrogen (secondary N) is 2. The molecule has 0 heterocycles. The second-order valence-corrected chi connectivity index (χ2v) is 5.84. The lowest BCUT2D eigenvalue weighted by molar-refractivity contribution is -0.125. The van der Waals surface area contributed by atoms with E-state index in [0.717, 1.165) is 5.56 Å². The topological polar surface area (TPSA) is 84.2 Å². The predicted octanol–water partition coefficient (Wildman–Crippen LogP) is 1.88. The minimum atomic E-state index is -3.17. The fourth-order valence-electron chi connectivity index (χ4n) is 1.94. The summed E-state index contributed by atoms with van der Waals surface area (Å²) in [7, 11) is 0. The van der Waals surface area contributed by atoms with Crippen molar-refractivity contribution in [3.05, 3.63) is 35.4 Å². The maximum atomic E-state index is 13.1. The number of aryl methyl sites for hydroxylation is 1. The molecule has 8 heteroatoms. The summed E-state index contributed by atoms with van der Waals surface area (Å²) < 4.78 is 26.2. The molecule has 0 radical (unpaired) electrons. The van der Waals surface area contributed by atoms with Crippen LogP contribution in [0.3, 0.4) is 0 Å². The highest BCUT2D eigenvalue weighted by molar-refractivity contribution is 5.97. The van der Waals surface area contributed by atoms with Gasteiger partial charge in [-0.15, -0.1) is 12.4 Å². The fourth-order valence-corrected chi connectivity index (χ4v) is 1.94. The summed E-state index contributed by atoms with van der Waals surface area (Å²) in [6.07, 6.45) is 0. The molecular weight excluding hydrogens is 340 g/mol. The number of alkyl halides is 2. The third-order valence-corrected chi connectivity index (χ3v) is 3.34. The summed E-state index contributed by atoms with van der Waals surface area (Å²) in [6, 6.07) is 5.99. The zero-order valence-electron chi connectivity index (χ0n) is 13.9. The van der Waals surface area contributed by atoms with Crippen LogP contribution in [0.25, 0.3) is 0 Å². The van der Waals surface area contributed by atoms with Crippen LogP contribution >= 0.6 is 12.4 Å². The number of nitrogens with two attached hydrogens (primary N) is 1. The molecule has 0 fully saturated rings. The SMILES string of the molecule is Cc1cccc(C(=O)NC(C(=O)NCC(F)(F)CN)C(C)C)c1.Cl. The van der Waals surface area contributed by atoms with Gasteiger partial charge in [0.25, 0.3) is 11.8 Å². The average Bonchev–Trinajstić information content (AvgIpc) is 2.49. The van der Waals surface area contributed by atoms with Crippen molar-refractivity contribution in [2.24, 2.45) is 11.7 Å². The normalized spacial score (nSPS) is 12.3. The highest BCUT2D eigenvalue weighted by Crippen LogP contribution is 2.10. The quantitative estimate of drug-likeness (QED) is 0.691. The molecule has 0 aliphatic carbocycles. The van der Waals surface area contributed by atoms with Crippen molar-refractivity contribution < 1.29 is 18.4 Å². The van der Waals surface area contributed by atoms with Crippen LogP contribution in [0.15, 0.2) is 24.3 Å². The molecular formula is C16H24ClF2N3O2. The minimum absolute atomic E-state index is 0. The second-order valence-electron chi connectivity index (χ2n) is 5.84. The maximum absolute atomic E-state index is 13.1. The van der Waals surface area contributed by atoms with Gasteiger partial charge in [0.05, 0.1) is 13.1 Å². The maximum Gasteiger partial charge on any atom is 0.277 e. The van der Waals surface area contributed by atoms with E-state index in [-0.39, 0.29) is 18.3 Å². The summed E-state index contributed by atoms with van der Waals surface area (Å²) in [5.41, 5.74) is 6.25. The first-order valence-corrected chi connectivity index (χ1v) is 7.39. The van der Waals surface area contributed by atoms with Gasteiger partial charge in [-0.05, 0) is 25.0 Å². The summed E-state index contributed by atoms with van der Waals surface area (Å²) in [6.45, 7) is 3.59. The van der Waals surface area contributed by atoms with Crippen molar-refractivity contribution in [3.8, 4) is 0 Å². The minimum Gasteiger partial charge on any atom is -0.348 e. The molecule has 5 nitrogen and oxygen atoms in total. The Bertz CT molecular complexity index is 568. The molecule has 0 aromatic heterocycles. The molecule has 0 aliphatic rings. The Labute approximate surface area is 146 Å². The van der Waals surface area contributed by atoms with Gasteiger partial charge in [0, 0.05) is 5.56 Å². The first kappa shape index (κ1) is 22.3. The molecule has 0 aliphatic heterocycles. The largest absolute Gasteiger partial charge is 0.348 e. The lowest BCUT2D eigenvalue weighted by atomic mass is 10.0. The Hall–Kier alpha value is -1.73. The van der Waals surface area contributed by atoms with E-state index in [2.05, 4.69) is 10.6 Å². The van der Waals surface area contributed by atoms with Crippen molar-refractivity contribution in [2.75, 3.05) is 13.1 Å². The number of hydrogen-bond acceptors (Lipinski definition) is 3. The molecule has 1 atom stereocenters. The lowest BCUT2D eigenvalue weighted by Crippen LogP contribution is -2.52. The standard InChI is InChI=1S/C16H23F2N3O2.ClH/c1-10(2)13(15(23)20-9-16(17,18)8-19)21-14(22)12-6-4-5-11(3)7-12;/h4-7,10,13H,8-9,19H2,1-3H3,(H,20,23)(H,21,22);1H. The molecule has 24 heavy (non-hydrogen) atoms. The van der Waals surface area contributed by atoms with Gasteiger partial charge in [-0.2, -0.15) is 0 Å². The lowest BCUT2D eigenvalue weighted by Gasteiger charge is -2.23. The number of amides is 2. The van der Waals surface area contributed by atoms with Crippen LogP contribution in [-0.2, 0) is 4.79 Å². The number of carbonyl (C=O) groups is 2. The van der Waals surface area contributed by atoms with Gasteiger partial charge in [-0.1, -0.05) is 31.5 Å². The van der Waals surface area contributed by atoms with Gasteiger partial charge >= 0.3 is 0 Å². The van der Waals surface area contributed by atoms with E-state index in [1.165, 1.54) is 0 Å². The number of hydrogen-bond donors (Lipinski definition) is 3. The molecule has 1 rings (SSSR count). The van der Waals surface area contributed by atoms with E-state index >= 15 is 0 Å². The molecule has 1 unspecified atom stereocenters. The Morgan fingerprint density at radius 1 is 1.29 bits per heavy atom. The third kappa shape index (κ3) is 6.80. The van der Waals surface area contributed by atoms with E-state index in [0.29, 0.717) is 5.56 Å². The van der Waals surface area contributed by atoms with Crippen LogP contribution in [0.2, 0.25) is 0 Å². The summed E-state index contributed by atoms with van der Waals surface area (Å²) in [5.74, 6) is -4.50. The molecule has 0 spiro atoms. The smallest absolute Gasteiger partial charge is 0.277 e. The number of halogens is 3. The zero-order chi connectivity index (χ0) is 17.6. The van der Waals surface area contributed by atoms with E-state index in [1.54, 1.807) is 32.0 Å². The van der Waals surface area contributed by atoms with E-state index in [9.17, 15) is 18.4 Å². The number of benzene rings is 1. The van der Waals surface area contributed by atoms with E-state index in [1.807, 2.05) is 13.0 Å². The molecule has 1 aromatic carbocycles. The van der Waals surface area contributed by atoms with Gasteiger partial charge in [0.2, 0.25) is 5.91 Å². The molecule has 0 bridgehead atoms. The van der Waals surface area contributed by atoms with Gasteiger partial charge in [-0.3, -0.25) is 9.59 Å². The average molecular weight is 364 g/mol. The van der Waals surface area contributed by atoms with Crippen molar-refractivity contribution >= 4 is 24.2 Å². The molecule has 136 valence electrons. The highest BCUT2D eigenvalue weighted by atomic mass is 35.5. The van der Waals surface area contributed by atoms with E-state index in [4.69, 9.17) is 5.73 Å². The Morgan fingerprint density at radius 3 is 2.42 bits per heavy atom. The number of rotatable bonds is 7. The Kier molecular flexibility index (Phi) is 8.85. The van der Waals surface area contributed by atoms with Gasteiger partial charge in [-0.25, -0.2) is 8.78 Å². The van der Waals surface area contributed by atoms with Crippen LogP contribution < -0.4 is 16.4 Å². The van der Waals surface area contributed by atoms with Crippen molar-refractivity contribution in [1.82, 2.24) is 10.6 Å². The predicted molar refractivity (Wildman–Crippen MR) is 91.5 cm³/mol. The molecule has 0 saturated carbocycles. The van der Waals surface area contributed by atoms with E-state index < -0.39 is 36.9 Å². The van der Waals surface area contributed by atoms with Crippen LogP contribution in [0.1, 0.15) is 29.8 Å². The summed E-state index contributed by atoms with van der Waals surface area (Å²) in [5, 5.41) is 4.73. The van der Waals surface area contributed by atoms with Crippen molar-refractivity contribution in [1.29, 1.82) is 0 Å². The summed E-state index contributed by atoms with van der Waals surface area (Å²) >= 11 is 0. The van der Waals surface area contributed by atoms with Crippen LogP contribution in [0, 0.1) is 12.8 Å². The second kappa shape index (κ2) is 9.54. The molecule has 0 saturated heterocycles. The van der Waals surface area contributed by atoms with Gasteiger partial charge in [0.1, 0.15) is 6.04 Å². The molecule has 1 aromatic rings. The monoisotopic (exact) mass is 363 g/mol. The fraction of sp³-hybridized carbons (Fsp3) is 0.500. The summed E-state index contributed by atoms with van der Waals surface area (Å²) in [4.78, 5) is 24.3.